The third-order valence-electron chi connectivity index (χ3n) is 2.62. The van der Waals surface area contributed by atoms with Crippen LogP contribution in [0.1, 0.15) is 20.8 Å². The van der Waals surface area contributed by atoms with E-state index in [1.165, 1.54) is 16.5 Å². The summed E-state index contributed by atoms with van der Waals surface area (Å²) in [5.41, 5.74) is 0.148. The fourth-order valence-corrected chi connectivity index (χ4v) is 2.37. The number of rotatable bonds is 5. The molecule has 0 spiro atoms. The minimum atomic E-state index is -4.64. The molecule has 0 aliphatic rings. The predicted octanol–water partition coefficient (Wildman–Crippen LogP) is 1.89. The zero-order chi connectivity index (χ0) is 17.8. The van der Waals surface area contributed by atoms with Gasteiger partial charge in [0.15, 0.2) is 0 Å². The van der Waals surface area contributed by atoms with Crippen molar-refractivity contribution in [3.63, 3.8) is 0 Å². The molecule has 128 valence electrons. The first-order valence-corrected chi connectivity index (χ1v) is 8.93. The van der Waals surface area contributed by atoms with Gasteiger partial charge in [-0.2, -0.15) is 29.7 Å². The van der Waals surface area contributed by atoms with E-state index in [0.29, 0.717) is 11.5 Å². The molecule has 0 aliphatic carbocycles. The third kappa shape index (κ3) is 5.54. The lowest BCUT2D eigenvalue weighted by Gasteiger charge is -2.21. The fourth-order valence-electron chi connectivity index (χ4n) is 0.946. The van der Waals surface area contributed by atoms with Gasteiger partial charge in [-0.05, 0) is 6.26 Å². The topological polar surface area (TPSA) is 102 Å². The maximum atomic E-state index is 12.7. The Kier molecular flexibility index (Phi) is 6.97. The molecule has 0 unspecified atom stereocenters. The predicted molar refractivity (Wildman–Crippen MR) is 82.4 cm³/mol. The van der Waals surface area contributed by atoms with Gasteiger partial charge in [0.1, 0.15) is 0 Å². The van der Waals surface area contributed by atoms with Crippen molar-refractivity contribution in [2.24, 2.45) is 10.6 Å². The number of quaternary nitrogens is 1. The molecule has 0 bridgehead atoms. The quantitative estimate of drug-likeness (QED) is 0.201. The highest BCUT2D eigenvalue weighted by molar-refractivity contribution is 7.99. The van der Waals surface area contributed by atoms with Crippen LogP contribution in [0.25, 0.3) is 0 Å². The number of hydrogen-bond acceptors (Lipinski definition) is 7. The Morgan fingerprint density at radius 1 is 1.32 bits per heavy atom. The van der Waals surface area contributed by atoms with E-state index >= 15 is 0 Å². The van der Waals surface area contributed by atoms with E-state index < -0.39 is 26.4 Å². The minimum Gasteiger partial charge on any atom is -0.297 e. The smallest absolute Gasteiger partial charge is 0.297 e. The molecule has 0 saturated carbocycles. The number of amides is 2. The Labute approximate surface area is 133 Å². The maximum absolute atomic E-state index is 12.7. The molecule has 0 rings (SSSR count). The van der Waals surface area contributed by atoms with Gasteiger partial charge in [0.25, 0.3) is 0 Å². The van der Waals surface area contributed by atoms with Gasteiger partial charge in [-0.1, -0.05) is 25.9 Å². The molecule has 11 heteroatoms. The van der Waals surface area contributed by atoms with Gasteiger partial charge in [0.2, 0.25) is 0 Å². The average molecular weight is 358 g/mol. The SMILES string of the molecule is CSCC(=NOC(=O)NS(=O)(=O)[N+](C)(C)C(=O)F)C(C)(C)C. The maximum Gasteiger partial charge on any atom is 0.521 e. The summed E-state index contributed by atoms with van der Waals surface area (Å²) in [6.45, 7) is 5.55. The van der Waals surface area contributed by atoms with Crippen LogP contribution in [-0.2, 0) is 15.0 Å². The van der Waals surface area contributed by atoms with Gasteiger partial charge in [0.05, 0.1) is 19.8 Å². The van der Waals surface area contributed by atoms with Crippen LogP contribution in [0.2, 0.25) is 0 Å². The van der Waals surface area contributed by atoms with E-state index in [-0.39, 0.29) is 5.41 Å². The van der Waals surface area contributed by atoms with Crippen LogP contribution in [0.5, 0.6) is 0 Å². The van der Waals surface area contributed by atoms with Gasteiger partial charge in [-0.25, -0.2) is 4.79 Å². The van der Waals surface area contributed by atoms with E-state index in [1.807, 2.05) is 27.0 Å². The van der Waals surface area contributed by atoms with Crippen LogP contribution in [0.4, 0.5) is 14.0 Å². The summed E-state index contributed by atoms with van der Waals surface area (Å²) in [5.74, 6) is 0.480. The molecule has 0 aromatic rings. The fraction of sp³-hybridized carbons (Fsp3) is 0.727. The van der Waals surface area contributed by atoms with Crippen LogP contribution >= 0.6 is 11.8 Å². The summed E-state index contributed by atoms with van der Waals surface area (Å²) >= 11 is 1.45. The number of nitrogens with zero attached hydrogens (tertiary/aromatic N) is 2. The van der Waals surface area contributed by atoms with Gasteiger partial charge < -0.3 is 0 Å². The highest BCUT2D eigenvalue weighted by atomic mass is 32.2. The van der Waals surface area contributed by atoms with Crippen molar-refractivity contribution < 1.29 is 31.1 Å². The molecule has 0 saturated heterocycles. The van der Waals surface area contributed by atoms with Gasteiger partial charge >= 0.3 is 22.5 Å². The second-order valence-corrected chi connectivity index (χ2v) is 8.71. The lowest BCUT2D eigenvalue weighted by Crippen LogP contribution is -2.55. The summed E-state index contributed by atoms with van der Waals surface area (Å²) in [7, 11) is -3.09. The molecule has 22 heavy (non-hydrogen) atoms. The van der Waals surface area contributed by atoms with E-state index in [4.69, 9.17) is 0 Å². The second kappa shape index (κ2) is 7.38. The van der Waals surface area contributed by atoms with Crippen LogP contribution in [0.3, 0.4) is 0 Å². The zero-order valence-corrected chi connectivity index (χ0v) is 15.0. The number of hydrogen-bond donors (Lipinski definition) is 1. The molecule has 0 aromatic heterocycles. The number of thioether (sulfide) groups is 1. The van der Waals surface area contributed by atoms with Crippen LogP contribution in [-0.4, -0.2) is 56.4 Å². The molecule has 0 atom stereocenters. The summed E-state index contributed by atoms with van der Waals surface area (Å²) in [5, 5.41) is 3.63. The largest absolute Gasteiger partial charge is 0.521 e. The Morgan fingerprint density at radius 3 is 2.18 bits per heavy atom. The number of carbonyl (C=O) groups excluding carboxylic acids is 2. The van der Waals surface area contributed by atoms with Crippen molar-refractivity contribution >= 4 is 39.9 Å². The molecule has 0 radical (unpaired) electrons. The number of nitrogens with one attached hydrogen (secondary N) is 1. The van der Waals surface area contributed by atoms with Gasteiger partial charge in [0, 0.05) is 11.2 Å². The Hall–Kier alpha value is -1.20. The first-order chi connectivity index (χ1) is 9.75. The van der Waals surface area contributed by atoms with Gasteiger partial charge in [-0.3, -0.25) is 4.84 Å². The van der Waals surface area contributed by atoms with Gasteiger partial charge in [-0.15, -0.1) is 8.28 Å². The second-order valence-electron chi connectivity index (χ2n) is 5.78. The zero-order valence-electron chi connectivity index (χ0n) is 13.3. The lowest BCUT2D eigenvalue weighted by atomic mass is 9.91. The first-order valence-electron chi connectivity index (χ1n) is 6.10. The van der Waals surface area contributed by atoms with Crippen LogP contribution in [0.15, 0.2) is 5.16 Å². The van der Waals surface area contributed by atoms with E-state index in [0.717, 1.165) is 14.1 Å². The monoisotopic (exact) mass is 358 g/mol. The minimum absolute atomic E-state index is 0.383. The average Bonchev–Trinajstić information content (AvgIpc) is 2.31. The normalized spacial score (nSPS) is 13.7. The molecule has 0 aromatic carbocycles. The summed E-state index contributed by atoms with van der Waals surface area (Å²) in [4.78, 5) is 26.7. The van der Waals surface area contributed by atoms with Crippen molar-refractivity contribution in [1.29, 1.82) is 0 Å². The van der Waals surface area contributed by atoms with Crippen LogP contribution in [0, 0.1) is 5.41 Å². The van der Waals surface area contributed by atoms with Crippen molar-refractivity contribution in [3.05, 3.63) is 0 Å². The van der Waals surface area contributed by atoms with E-state index in [1.54, 1.807) is 0 Å². The van der Waals surface area contributed by atoms with E-state index in [2.05, 4.69) is 9.99 Å². The highest BCUT2D eigenvalue weighted by Crippen LogP contribution is 2.19. The molecule has 0 fully saturated rings. The Morgan fingerprint density at radius 2 is 1.82 bits per heavy atom. The number of halogens is 1. The number of carbonyl (C=O) groups is 2. The lowest BCUT2D eigenvalue weighted by molar-refractivity contribution is -0.679. The number of oxime groups is 1. The molecular formula is C11H21FN3O5S2+. The third-order valence-corrected chi connectivity index (χ3v) is 4.95. The molecule has 0 heterocycles. The van der Waals surface area contributed by atoms with Crippen molar-refractivity contribution in [2.45, 2.75) is 20.8 Å². The summed E-state index contributed by atoms with van der Waals surface area (Å²) in [6, 6.07) is 0. The molecule has 2 amide bonds. The van der Waals surface area contributed by atoms with E-state index in [9.17, 15) is 22.4 Å². The summed E-state index contributed by atoms with van der Waals surface area (Å²) in [6.07, 6.45) is -1.74. The van der Waals surface area contributed by atoms with Crippen molar-refractivity contribution in [1.82, 2.24) is 4.72 Å². The van der Waals surface area contributed by atoms with Crippen molar-refractivity contribution in [3.8, 4) is 0 Å². The van der Waals surface area contributed by atoms with Crippen LogP contribution < -0.4 is 4.72 Å². The Bertz CT molecular complexity index is 567. The molecule has 8 nitrogen and oxygen atoms in total. The highest BCUT2D eigenvalue weighted by Gasteiger charge is 2.43. The van der Waals surface area contributed by atoms with Crippen molar-refractivity contribution in [2.75, 3.05) is 26.1 Å². The Balaban J connectivity index is 5.07. The summed E-state index contributed by atoms with van der Waals surface area (Å²) < 4.78 is 35.9. The molecule has 1 N–H and O–H groups in total. The molecular weight excluding hydrogens is 337 g/mol. The molecule has 0 aliphatic heterocycles. The standard InChI is InChI=1S/C11H20FN3O5S2/c1-11(2,3)8(7-21-6)13-20-10(17)14-22(18,19)15(4,5)9(12)16/h7H2,1-6H3/p+1. The first kappa shape index (κ1) is 20.8.